The van der Waals surface area contributed by atoms with Gasteiger partial charge >= 0.3 is 5.97 Å². The van der Waals surface area contributed by atoms with Gasteiger partial charge in [0.2, 0.25) is 5.91 Å². The number of carbonyl (C=O) groups excluding carboxylic acids is 2. The summed E-state index contributed by atoms with van der Waals surface area (Å²) in [5.74, 6) is 0.00846. The molecular weight excluding hydrogens is 282 g/mol. The van der Waals surface area contributed by atoms with Gasteiger partial charge in [-0.2, -0.15) is 0 Å². The molecule has 0 aromatic heterocycles. The van der Waals surface area contributed by atoms with Crippen molar-refractivity contribution in [2.45, 2.75) is 38.5 Å². The number of rotatable bonds is 5. The Balaban J connectivity index is 1.80. The molecule has 2 rings (SSSR count). The SMILES string of the molecule is COC(=O)CN1CCN(C(=O)CC2(CN)CCCCC2)CC1. The summed E-state index contributed by atoms with van der Waals surface area (Å²) in [5.41, 5.74) is 6.00. The maximum Gasteiger partial charge on any atom is 0.319 e. The molecule has 0 spiro atoms. The average Bonchev–Trinajstić information content (AvgIpc) is 2.56. The largest absolute Gasteiger partial charge is 0.468 e. The first-order chi connectivity index (χ1) is 10.6. The molecule has 0 aromatic rings. The maximum absolute atomic E-state index is 12.6. The molecule has 6 heteroatoms. The highest BCUT2D eigenvalue weighted by molar-refractivity contribution is 5.77. The molecular formula is C16H29N3O3. The second-order valence-corrected chi connectivity index (χ2v) is 6.67. The van der Waals surface area contributed by atoms with E-state index in [-0.39, 0.29) is 17.3 Å². The van der Waals surface area contributed by atoms with E-state index in [1.807, 2.05) is 9.80 Å². The highest BCUT2D eigenvalue weighted by Crippen LogP contribution is 2.38. The van der Waals surface area contributed by atoms with Crippen molar-refractivity contribution in [3.63, 3.8) is 0 Å². The lowest BCUT2D eigenvalue weighted by atomic mass is 9.71. The van der Waals surface area contributed by atoms with Crippen molar-refractivity contribution in [1.29, 1.82) is 0 Å². The van der Waals surface area contributed by atoms with Gasteiger partial charge in [-0.25, -0.2) is 0 Å². The number of methoxy groups -OCH3 is 1. The lowest BCUT2D eigenvalue weighted by Gasteiger charge is -2.39. The lowest BCUT2D eigenvalue weighted by Crippen LogP contribution is -2.51. The predicted molar refractivity (Wildman–Crippen MR) is 84.2 cm³/mol. The third-order valence-corrected chi connectivity index (χ3v) is 5.18. The van der Waals surface area contributed by atoms with E-state index in [1.165, 1.54) is 26.4 Å². The van der Waals surface area contributed by atoms with Crippen LogP contribution in [0.4, 0.5) is 0 Å². The minimum absolute atomic E-state index is 0.0263. The summed E-state index contributed by atoms with van der Waals surface area (Å²) >= 11 is 0. The van der Waals surface area contributed by atoms with Crippen molar-refractivity contribution >= 4 is 11.9 Å². The van der Waals surface area contributed by atoms with Crippen LogP contribution in [0.1, 0.15) is 38.5 Å². The Morgan fingerprint density at radius 1 is 1.09 bits per heavy atom. The van der Waals surface area contributed by atoms with Gasteiger partial charge < -0.3 is 15.4 Å². The fourth-order valence-electron chi connectivity index (χ4n) is 3.59. The number of carbonyl (C=O) groups is 2. The molecule has 2 aliphatic rings. The normalized spacial score (nSPS) is 22.4. The van der Waals surface area contributed by atoms with Crippen molar-refractivity contribution in [3.05, 3.63) is 0 Å². The molecule has 22 heavy (non-hydrogen) atoms. The van der Waals surface area contributed by atoms with Gasteiger partial charge in [0, 0.05) is 32.6 Å². The van der Waals surface area contributed by atoms with E-state index in [9.17, 15) is 9.59 Å². The molecule has 2 fully saturated rings. The Bertz CT molecular complexity index is 386. The Morgan fingerprint density at radius 3 is 2.27 bits per heavy atom. The number of piperazine rings is 1. The van der Waals surface area contributed by atoms with Crippen LogP contribution < -0.4 is 5.73 Å². The number of amides is 1. The molecule has 126 valence electrons. The smallest absolute Gasteiger partial charge is 0.319 e. The monoisotopic (exact) mass is 311 g/mol. The van der Waals surface area contributed by atoms with Crippen LogP contribution in [0.5, 0.6) is 0 Å². The summed E-state index contributed by atoms with van der Waals surface area (Å²) < 4.78 is 4.68. The van der Waals surface area contributed by atoms with Gasteiger partial charge in [-0.1, -0.05) is 19.3 Å². The average molecular weight is 311 g/mol. The van der Waals surface area contributed by atoms with Crippen LogP contribution in [0.25, 0.3) is 0 Å². The molecule has 1 heterocycles. The topological polar surface area (TPSA) is 75.9 Å². The molecule has 1 saturated heterocycles. The number of hydrogen-bond donors (Lipinski definition) is 1. The summed E-state index contributed by atoms with van der Waals surface area (Å²) in [6.45, 7) is 3.77. The zero-order chi connectivity index (χ0) is 16.0. The van der Waals surface area contributed by atoms with E-state index in [0.717, 1.165) is 25.9 Å². The molecule has 0 bridgehead atoms. The first-order valence-electron chi connectivity index (χ1n) is 8.35. The van der Waals surface area contributed by atoms with Gasteiger partial charge in [0.15, 0.2) is 0 Å². The van der Waals surface area contributed by atoms with E-state index < -0.39 is 0 Å². The lowest BCUT2D eigenvalue weighted by molar-refractivity contribution is -0.143. The molecule has 2 N–H and O–H groups in total. The van der Waals surface area contributed by atoms with Crippen molar-refractivity contribution in [1.82, 2.24) is 9.80 Å². The van der Waals surface area contributed by atoms with Crippen molar-refractivity contribution in [2.75, 3.05) is 46.4 Å². The van der Waals surface area contributed by atoms with Crippen molar-refractivity contribution in [2.24, 2.45) is 11.1 Å². The standard InChI is InChI=1S/C16H29N3O3/c1-22-15(21)12-18-7-9-19(10-8-18)14(20)11-16(13-17)5-3-2-4-6-16/h2-13,17H2,1H3. The zero-order valence-corrected chi connectivity index (χ0v) is 13.7. The minimum atomic E-state index is -0.218. The van der Waals surface area contributed by atoms with Gasteiger partial charge in [0.05, 0.1) is 13.7 Å². The molecule has 0 unspecified atom stereocenters. The third-order valence-electron chi connectivity index (χ3n) is 5.18. The Labute approximate surface area is 132 Å². The molecule has 1 amide bonds. The van der Waals surface area contributed by atoms with Crippen molar-refractivity contribution < 1.29 is 14.3 Å². The van der Waals surface area contributed by atoms with E-state index in [2.05, 4.69) is 4.74 Å². The van der Waals surface area contributed by atoms with E-state index in [0.29, 0.717) is 32.6 Å². The first-order valence-corrected chi connectivity index (χ1v) is 8.35. The number of nitrogens with zero attached hydrogens (tertiary/aromatic N) is 2. The Hall–Kier alpha value is -1.14. The minimum Gasteiger partial charge on any atom is -0.468 e. The fraction of sp³-hybridized carbons (Fsp3) is 0.875. The van der Waals surface area contributed by atoms with Crippen LogP contribution >= 0.6 is 0 Å². The van der Waals surface area contributed by atoms with Crippen LogP contribution in [0.15, 0.2) is 0 Å². The Kier molecular flexibility index (Phi) is 6.20. The van der Waals surface area contributed by atoms with E-state index in [4.69, 9.17) is 5.73 Å². The van der Waals surface area contributed by atoms with E-state index in [1.54, 1.807) is 0 Å². The highest BCUT2D eigenvalue weighted by Gasteiger charge is 2.35. The van der Waals surface area contributed by atoms with Gasteiger partial charge in [-0.3, -0.25) is 14.5 Å². The van der Waals surface area contributed by atoms with Crippen molar-refractivity contribution in [3.8, 4) is 0 Å². The molecule has 6 nitrogen and oxygen atoms in total. The Morgan fingerprint density at radius 2 is 1.73 bits per heavy atom. The number of hydrogen-bond acceptors (Lipinski definition) is 5. The third kappa shape index (κ3) is 4.43. The summed E-state index contributed by atoms with van der Waals surface area (Å²) in [6.07, 6.45) is 6.40. The molecule has 1 saturated carbocycles. The van der Waals surface area contributed by atoms with Gasteiger partial charge in [-0.15, -0.1) is 0 Å². The number of ether oxygens (including phenoxy) is 1. The van der Waals surface area contributed by atoms with E-state index >= 15 is 0 Å². The number of nitrogens with two attached hydrogens (primary N) is 1. The van der Waals surface area contributed by atoms with Crippen LogP contribution in [-0.2, 0) is 14.3 Å². The summed E-state index contributed by atoms with van der Waals surface area (Å²) in [6, 6.07) is 0. The van der Waals surface area contributed by atoms with Gasteiger partial charge in [0.1, 0.15) is 0 Å². The van der Waals surface area contributed by atoms with Gasteiger partial charge in [-0.05, 0) is 24.8 Å². The predicted octanol–water partition coefficient (Wildman–Crippen LogP) is 0.603. The van der Waals surface area contributed by atoms with Gasteiger partial charge in [0.25, 0.3) is 0 Å². The van der Waals surface area contributed by atoms with Crippen LogP contribution in [-0.4, -0.2) is 68.1 Å². The first kappa shape index (κ1) is 17.2. The summed E-state index contributed by atoms with van der Waals surface area (Å²) in [7, 11) is 1.40. The van der Waals surface area contributed by atoms with Crippen LogP contribution in [0.2, 0.25) is 0 Å². The quantitative estimate of drug-likeness (QED) is 0.753. The fourth-order valence-corrected chi connectivity index (χ4v) is 3.59. The summed E-state index contributed by atoms with van der Waals surface area (Å²) in [5, 5.41) is 0. The summed E-state index contributed by atoms with van der Waals surface area (Å²) in [4.78, 5) is 27.8. The molecule has 1 aliphatic carbocycles. The maximum atomic E-state index is 12.6. The second kappa shape index (κ2) is 7.92. The molecule has 0 aromatic carbocycles. The van der Waals surface area contributed by atoms with Crippen LogP contribution in [0.3, 0.4) is 0 Å². The number of esters is 1. The molecule has 0 radical (unpaired) electrons. The zero-order valence-electron chi connectivity index (χ0n) is 13.7. The second-order valence-electron chi connectivity index (χ2n) is 6.67. The molecule has 1 aliphatic heterocycles. The molecule has 0 atom stereocenters. The highest BCUT2D eigenvalue weighted by atomic mass is 16.5. The van der Waals surface area contributed by atoms with Crippen LogP contribution in [0, 0.1) is 5.41 Å².